The monoisotopic (exact) mass is 676 g/mol. The summed E-state index contributed by atoms with van der Waals surface area (Å²) in [5, 5.41) is -8.42. The van der Waals surface area contributed by atoms with Crippen LogP contribution in [0.15, 0.2) is 186 Å². The first-order valence-corrected chi connectivity index (χ1v) is 15.2. The van der Waals surface area contributed by atoms with Crippen molar-refractivity contribution in [2.75, 3.05) is 0 Å². The number of hydrogen-bond donors (Lipinski definition) is 0. The lowest BCUT2D eigenvalue weighted by Crippen LogP contribution is -1.93. The Labute approximate surface area is 336 Å². The summed E-state index contributed by atoms with van der Waals surface area (Å²) >= 11 is 0. The number of benzene rings is 10. The van der Waals surface area contributed by atoms with Gasteiger partial charge in [0.05, 0.1) is 41.1 Å². The van der Waals surface area contributed by atoms with E-state index in [0.717, 1.165) is 0 Å². The van der Waals surface area contributed by atoms with E-state index < -0.39 is 290 Å². The van der Waals surface area contributed by atoms with Crippen LogP contribution in [0.3, 0.4) is 0 Å². The second-order valence-corrected chi connectivity index (χ2v) is 11.3. The predicted molar refractivity (Wildman–Crippen MR) is 218 cm³/mol. The van der Waals surface area contributed by atoms with Gasteiger partial charge in [-0.1, -0.05) is 157 Å². The highest BCUT2D eigenvalue weighted by molar-refractivity contribution is 6.26. The Balaban J connectivity index is 1.50. The molecule has 1 aromatic heterocycles. The molecule has 0 saturated carbocycles. The van der Waals surface area contributed by atoms with Crippen molar-refractivity contribution in [3.8, 4) is 33.4 Å². The third-order valence-electron chi connectivity index (χ3n) is 8.62. The summed E-state index contributed by atoms with van der Waals surface area (Å²) < 4.78 is 281. The summed E-state index contributed by atoms with van der Waals surface area (Å²) in [5.74, 6) is 0. The van der Waals surface area contributed by atoms with Gasteiger partial charge in [0, 0.05) is 16.2 Å². The van der Waals surface area contributed by atoms with Crippen LogP contribution in [0.1, 0.15) is 41.1 Å². The van der Waals surface area contributed by atoms with Gasteiger partial charge >= 0.3 is 0 Å². The van der Waals surface area contributed by atoms with Crippen LogP contribution in [0.25, 0.3) is 109 Å². The SMILES string of the molecule is [2H]c1c([2H])c(-c2c([2H])c(-c3c4c([2H])c([2H])c([2H])c([2H])c4c(-c4c([2H])c([2H])c([2H])c5c([2H])c([2H])c([2H])c([2H])c45)c4c([2H])c([2H])c([2H])c([2H])c34)c3c([2H])c([2H])c([2H])c([2H])c3c2[2H])c2c(oc3c4c([2H])c([2H])c([2H])c([2H])c4c([2H])c([2H])c32)c1[2H]. The lowest BCUT2D eigenvalue weighted by atomic mass is 9.83. The molecule has 0 aliphatic carbocycles. The third-order valence-corrected chi connectivity index (χ3v) is 8.62. The van der Waals surface area contributed by atoms with Crippen molar-refractivity contribution < 1.29 is 45.5 Å². The lowest BCUT2D eigenvalue weighted by Gasteiger charge is -2.20. The zero-order valence-corrected chi connectivity index (χ0v) is 25.4. The fourth-order valence-corrected chi connectivity index (χ4v) is 6.53. The van der Waals surface area contributed by atoms with E-state index in [2.05, 4.69) is 0 Å². The molecule has 1 heterocycles. The Morgan fingerprint density at radius 3 is 1.51 bits per heavy atom. The molecule has 1 nitrogen and oxygen atoms in total. The standard InChI is InChI=1S/C50H30O/c1-4-17-35-31(13-1)16-11-25-39(35)47-40-20-7-9-22-42(40)48(43-23-10-8-21-41(43)47)45-30-34(29-33-15-3-5-18-36(33)45)37-24-12-26-46-49(37)44-28-27-32-14-2-6-19-38(32)50(44)51-46/h1-30H/i1D,2D,3D,4D,5D,6D,7D,8D,9D,10D,11D,12D,13D,14D,15D,16D,17D,18D,19D,20D,21D,22D,23D,24D,25D,26D,27D,28D,29D,30D. The van der Waals surface area contributed by atoms with Crippen molar-refractivity contribution >= 4 is 75.8 Å². The zero-order chi connectivity index (χ0) is 59.6. The summed E-state index contributed by atoms with van der Waals surface area (Å²) in [6.07, 6.45) is 0. The Kier molecular flexibility index (Phi) is 2.50. The Morgan fingerprint density at radius 1 is 0.333 bits per heavy atom. The van der Waals surface area contributed by atoms with Gasteiger partial charge in [-0.25, -0.2) is 0 Å². The van der Waals surface area contributed by atoms with E-state index in [1.54, 1.807) is 0 Å². The van der Waals surface area contributed by atoms with Gasteiger partial charge in [-0.3, -0.25) is 0 Å². The fourth-order valence-electron chi connectivity index (χ4n) is 6.53. The summed E-state index contributed by atoms with van der Waals surface area (Å²) in [5.41, 5.74) is -6.24. The summed E-state index contributed by atoms with van der Waals surface area (Å²) in [6.45, 7) is 0. The van der Waals surface area contributed by atoms with Gasteiger partial charge in [0.2, 0.25) is 0 Å². The molecular weight excluding hydrogens is 617 g/mol. The van der Waals surface area contributed by atoms with Crippen molar-refractivity contribution in [1.82, 2.24) is 0 Å². The van der Waals surface area contributed by atoms with Crippen LogP contribution in [0, 0.1) is 0 Å². The molecule has 1 heteroatoms. The zero-order valence-electron chi connectivity index (χ0n) is 55.4. The smallest absolute Gasteiger partial charge is 0.143 e. The predicted octanol–water partition coefficient (Wildman–Crippen LogP) is 14.4. The largest absolute Gasteiger partial charge is 0.455 e. The van der Waals surface area contributed by atoms with Gasteiger partial charge < -0.3 is 4.42 Å². The van der Waals surface area contributed by atoms with Crippen LogP contribution in [0.2, 0.25) is 0 Å². The second-order valence-electron chi connectivity index (χ2n) is 11.3. The minimum absolute atomic E-state index is 0.488. The molecule has 0 bridgehead atoms. The first kappa shape index (κ1) is 11.7. The molecule has 0 amide bonds. The topological polar surface area (TPSA) is 13.1 Å². The van der Waals surface area contributed by atoms with Crippen LogP contribution < -0.4 is 0 Å². The molecule has 11 aromatic rings. The number of furan rings is 1. The molecule has 0 unspecified atom stereocenters. The summed E-state index contributed by atoms with van der Waals surface area (Å²) in [6, 6.07) is -29.1. The molecule has 11 rings (SSSR count). The van der Waals surface area contributed by atoms with Crippen LogP contribution >= 0.6 is 0 Å². The maximum absolute atomic E-state index is 10.4. The molecule has 0 fully saturated rings. The lowest BCUT2D eigenvalue weighted by molar-refractivity contribution is 0.673. The quantitative estimate of drug-likeness (QED) is 0.170. The molecule has 0 atom stereocenters. The van der Waals surface area contributed by atoms with Crippen molar-refractivity contribution in [1.29, 1.82) is 0 Å². The Hall–Kier alpha value is -6.70. The second kappa shape index (κ2) is 10.9. The van der Waals surface area contributed by atoms with Crippen molar-refractivity contribution in [3.63, 3.8) is 0 Å². The summed E-state index contributed by atoms with van der Waals surface area (Å²) in [4.78, 5) is 0. The fraction of sp³-hybridized carbons (Fsp3) is 0. The molecule has 51 heavy (non-hydrogen) atoms. The third kappa shape index (κ3) is 4.16. The molecule has 10 aromatic carbocycles. The van der Waals surface area contributed by atoms with Crippen LogP contribution in [0.4, 0.5) is 0 Å². The van der Waals surface area contributed by atoms with E-state index in [1.807, 2.05) is 0 Å². The molecular formula is C50H30O. The van der Waals surface area contributed by atoms with E-state index in [0.29, 0.717) is 0 Å². The van der Waals surface area contributed by atoms with Crippen LogP contribution in [-0.2, 0) is 0 Å². The maximum Gasteiger partial charge on any atom is 0.143 e. The van der Waals surface area contributed by atoms with Crippen molar-refractivity contribution in [2.45, 2.75) is 0 Å². The van der Waals surface area contributed by atoms with E-state index in [4.69, 9.17) is 30.5 Å². The van der Waals surface area contributed by atoms with Gasteiger partial charge in [-0.05, 0) is 106 Å². The Morgan fingerprint density at radius 2 is 0.824 bits per heavy atom. The molecule has 0 N–H and O–H groups in total. The average molecular weight is 677 g/mol. The highest BCUT2D eigenvalue weighted by Gasteiger charge is 2.21. The molecule has 0 aliphatic rings. The van der Waals surface area contributed by atoms with Crippen molar-refractivity contribution in [3.05, 3.63) is 181 Å². The highest BCUT2D eigenvalue weighted by atomic mass is 16.3. The first-order chi connectivity index (χ1) is 37.8. The van der Waals surface area contributed by atoms with Gasteiger partial charge in [-0.15, -0.1) is 0 Å². The molecule has 236 valence electrons. The van der Waals surface area contributed by atoms with Gasteiger partial charge in [-0.2, -0.15) is 0 Å². The minimum Gasteiger partial charge on any atom is -0.455 e. The van der Waals surface area contributed by atoms with Gasteiger partial charge in [0.25, 0.3) is 0 Å². The molecule has 0 spiro atoms. The first-order valence-electron chi connectivity index (χ1n) is 30.2. The molecule has 0 saturated heterocycles. The Bertz CT molecular complexity index is 4840. The normalized spacial score (nSPS) is 20.2. The average Bonchev–Trinajstić information content (AvgIpc) is 4.06. The maximum atomic E-state index is 10.4. The van der Waals surface area contributed by atoms with E-state index in [9.17, 15) is 15.1 Å². The van der Waals surface area contributed by atoms with E-state index in [1.165, 1.54) is 0 Å². The van der Waals surface area contributed by atoms with Crippen LogP contribution in [0.5, 0.6) is 0 Å². The van der Waals surface area contributed by atoms with Gasteiger partial charge in [0.1, 0.15) is 11.2 Å². The summed E-state index contributed by atoms with van der Waals surface area (Å²) in [7, 11) is 0. The van der Waals surface area contributed by atoms with Crippen LogP contribution in [-0.4, -0.2) is 0 Å². The number of hydrogen-bond acceptors (Lipinski definition) is 1. The van der Waals surface area contributed by atoms with Crippen molar-refractivity contribution in [2.24, 2.45) is 0 Å². The number of rotatable bonds is 3. The minimum atomic E-state index is -1.14. The molecule has 0 radical (unpaired) electrons. The van der Waals surface area contributed by atoms with E-state index >= 15 is 0 Å². The molecule has 0 aliphatic heterocycles. The van der Waals surface area contributed by atoms with E-state index in [-0.39, 0.29) is 0 Å². The van der Waals surface area contributed by atoms with Gasteiger partial charge in [0.15, 0.2) is 0 Å². The highest BCUT2D eigenvalue weighted by Crippen LogP contribution is 2.48. The number of fused-ring (bicyclic) bond motifs is 9.